The van der Waals surface area contributed by atoms with Gasteiger partial charge in [-0.15, -0.1) is 0 Å². The number of halogens is 2. The fourth-order valence-corrected chi connectivity index (χ4v) is 1.87. The summed E-state index contributed by atoms with van der Waals surface area (Å²) in [6.07, 6.45) is 2.89. The average molecular weight is 229 g/mol. The van der Waals surface area contributed by atoms with Crippen LogP contribution in [0.5, 0.6) is 0 Å². The minimum atomic E-state index is 0.578. The molecule has 0 saturated carbocycles. The van der Waals surface area contributed by atoms with E-state index < -0.39 is 0 Å². The first-order valence-electron chi connectivity index (χ1n) is 4.44. The number of benzene rings is 1. The summed E-state index contributed by atoms with van der Waals surface area (Å²) in [5, 5.41) is 7.36. The minimum absolute atomic E-state index is 0.578. The van der Waals surface area contributed by atoms with Crippen LogP contribution in [0.1, 0.15) is 12.0 Å². The minimum Gasteiger partial charge on any atom is -0.265 e. The first kappa shape index (κ1) is 9.81. The monoisotopic (exact) mass is 228 g/mol. The van der Waals surface area contributed by atoms with Gasteiger partial charge in [-0.1, -0.05) is 23.2 Å². The third kappa shape index (κ3) is 1.72. The Morgan fingerprint density at radius 3 is 2.64 bits per heavy atom. The van der Waals surface area contributed by atoms with Gasteiger partial charge in [0, 0.05) is 19.2 Å². The maximum atomic E-state index is 5.95. The molecule has 0 amide bonds. The number of hydrogen-bond donors (Lipinski definition) is 0. The second-order valence-corrected chi connectivity index (χ2v) is 4.08. The molecule has 0 fully saturated rings. The third-order valence-corrected chi connectivity index (χ3v) is 2.93. The van der Waals surface area contributed by atoms with E-state index in [1.165, 1.54) is 0 Å². The van der Waals surface area contributed by atoms with E-state index in [9.17, 15) is 0 Å². The van der Waals surface area contributed by atoms with Gasteiger partial charge >= 0.3 is 0 Å². The van der Waals surface area contributed by atoms with Crippen LogP contribution >= 0.6 is 23.2 Å². The Morgan fingerprint density at radius 2 is 2.00 bits per heavy atom. The van der Waals surface area contributed by atoms with Crippen LogP contribution < -0.4 is 5.01 Å². The van der Waals surface area contributed by atoms with E-state index >= 15 is 0 Å². The quantitative estimate of drug-likeness (QED) is 0.719. The summed E-state index contributed by atoms with van der Waals surface area (Å²) in [4.78, 5) is 0. The van der Waals surface area contributed by atoms with Crippen LogP contribution in [0.15, 0.2) is 17.2 Å². The van der Waals surface area contributed by atoms with E-state index in [0.717, 1.165) is 24.2 Å². The topological polar surface area (TPSA) is 15.6 Å². The van der Waals surface area contributed by atoms with Crippen LogP contribution in [0.4, 0.5) is 5.69 Å². The van der Waals surface area contributed by atoms with Crippen molar-refractivity contribution in [1.29, 1.82) is 0 Å². The van der Waals surface area contributed by atoms with Crippen molar-refractivity contribution in [1.82, 2.24) is 0 Å². The Balaban J connectivity index is 2.42. The third-order valence-electron chi connectivity index (χ3n) is 2.21. The Labute approximate surface area is 93.1 Å². The molecule has 0 spiro atoms. The normalized spacial score (nSPS) is 15.2. The smallest absolute Gasteiger partial charge is 0.0638 e. The molecule has 1 aliphatic rings. The van der Waals surface area contributed by atoms with Gasteiger partial charge in [0.15, 0.2) is 0 Å². The van der Waals surface area contributed by atoms with Crippen molar-refractivity contribution in [2.24, 2.45) is 5.10 Å². The number of nitrogens with zero attached hydrogens (tertiary/aromatic N) is 2. The Morgan fingerprint density at radius 1 is 1.29 bits per heavy atom. The van der Waals surface area contributed by atoms with E-state index in [0.29, 0.717) is 10.0 Å². The lowest BCUT2D eigenvalue weighted by Crippen LogP contribution is -2.13. The number of hydrogen-bond acceptors (Lipinski definition) is 2. The number of hydrazone groups is 1. The molecular weight excluding hydrogens is 219 g/mol. The molecule has 74 valence electrons. The number of rotatable bonds is 1. The molecule has 2 rings (SSSR count). The molecule has 0 bridgehead atoms. The largest absolute Gasteiger partial charge is 0.265 e. The highest BCUT2D eigenvalue weighted by Gasteiger charge is 2.13. The van der Waals surface area contributed by atoms with E-state index in [2.05, 4.69) is 5.10 Å². The highest BCUT2D eigenvalue weighted by atomic mass is 35.5. The predicted octanol–water partition coefficient (Wildman–Crippen LogP) is 3.50. The molecular formula is C10H10Cl2N2. The van der Waals surface area contributed by atoms with Gasteiger partial charge in [-0.05, 0) is 24.6 Å². The maximum absolute atomic E-state index is 5.95. The van der Waals surface area contributed by atoms with Gasteiger partial charge in [-0.2, -0.15) is 5.10 Å². The molecule has 0 aromatic heterocycles. The molecule has 0 aliphatic carbocycles. The second kappa shape index (κ2) is 3.79. The van der Waals surface area contributed by atoms with Crippen LogP contribution in [-0.4, -0.2) is 12.8 Å². The van der Waals surface area contributed by atoms with Crippen molar-refractivity contribution in [3.63, 3.8) is 0 Å². The summed E-state index contributed by atoms with van der Waals surface area (Å²) in [6, 6.07) is 3.73. The summed E-state index contributed by atoms with van der Waals surface area (Å²) < 4.78 is 0. The number of anilines is 1. The predicted molar refractivity (Wildman–Crippen MR) is 61.7 cm³/mol. The molecule has 0 unspecified atom stereocenters. The molecule has 4 heteroatoms. The SMILES string of the molecule is Cc1cc(Cl)c(Cl)cc1N1CCC=N1. The summed E-state index contributed by atoms with van der Waals surface area (Å²) in [7, 11) is 0. The molecule has 0 atom stereocenters. The van der Waals surface area contributed by atoms with Gasteiger partial charge in [0.2, 0.25) is 0 Å². The van der Waals surface area contributed by atoms with E-state index in [1.54, 1.807) is 0 Å². The molecule has 1 aliphatic heterocycles. The van der Waals surface area contributed by atoms with Crippen LogP contribution in [0.2, 0.25) is 10.0 Å². The van der Waals surface area contributed by atoms with E-state index in [-0.39, 0.29) is 0 Å². The zero-order valence-electron chi connectivity index (χ0n) is 7.80. The first-order valence-corrected chi connectivity index (χ1v) is 5.19. The fourth-order valence-electron chi connectivity index (χ4n) is 1.49. The van der Waals surface area contributed by atoms with Crippen molar-refractivity contribution in [3.8, 4) is 0 Å². The fraction of sp³-hybridized carbons (Fsp3) is 0.300. The molecule has 0 saturated heterocycles. The molecule has 2 nitrogen and oxygen atoms in total. The van der Waals surface area contributed by atoms with E-state index in [4.69, 9.17) is 23.2 Å². The lowest BCUT2D eigenvalue weighted by Gasteiger charge is -2.17. The first-order chi connectivity index (χ1) is 6.68. The molecule has 1 heterocycles. The Bertz CT molecular complexity index is 388. The van der Waals surface area contributed by atoms with Gasteiger partial charge in [0.25, 0.3) is 0 Å². The van der Waals surface area contributed by atoms with Crippen molar-refractivity contribution in [3.05, 3.63) is 27.7 Å². The van der Waals surface area contributed by atoms with Crippen LogP contribution in [0, 0.1) is 6.92 Å². The van der Waals surface area contributed by atoms with E-state index in [1.807, 2.05) is 30.3 Å². The van der Waals surface area contributed by atoms with Gasteiger partial charge < -0.3 is 0 Å². The summed E-state index contributed by atoms with van der Waals surface area (Å²) in [5.41, 5.74) is 2.13. The van der Waals surface area contributed by atoms with Gasteiger partial charge in [0.05, 0.1) is 15.7 Å². The van der Waals surface area contributed by atoms with Crippen molar-refractivity contribution in [2.75, 3.05) is 11.6 Å². The summed E-state index contributed by atoms with van der Waals surface area (Å²) >= 11 is 11.9. The molecule has 1 aromatic rings. The summed E-state index contributed by atoms with van der Waals surface area (Å²) in [5.74, 6) is 0. The van der Waals surface area contributed by atoms with Crippen molar-refractivity contribution >= 4 is 35.1 Å². The maximum Gasteiger partial charge on any atom is 0.0638 e. The highest BCUT2D eigenvalue weighted by molar-refractivity contribution is 6.42. The lowest BCUT2D eigenvalue weighted by atomic mass is 10.2. The second-order valence-electron chi connectivity index (χ2n) is 3.26. The van der Waals surface area contributed by atoms with Crippen LogP contribution in [-0.2, 0) is 0 Å². The van der Waals surface area contributed by atoms with Crippen LogP contribution in [0.25, 0.3) is 0 Å². The summed E-state index contributed by atoms with van der Waals surface area (Å²) in [6.45, 7) is 2.92. The van der Waals surface area contributed by atoms with Crippen molar-refractivity contribution in [2.45, 2.75) is 13.3 Å². The Hall–Kier alpha value is -0.730. The molecule has 0 radical (unpaired) electrons. The zero-order chi connectivity index (χ0) is 10.1. The van der Waals surface area contributed by atoms with Gasteiger partial charge in [-0.3, -0.25) is 5.01 Å². The number of aryl methyl sites for hydroxylation is 1. The lowest BCUT2D eigenvalue weighted by molar-refractivity contribution is 0.916. The molecule has 0 N–H and O–H groups in total. The average Bonchev–Trinajstić information content (AvgIpc) is 2.64. The van der Waals surface area contributed by atoms with Crippen molar-refractivity contribution < 1.29 is 0 Å². The molecule has 14 heavy (non-hydrogen) atoms. The molecule has 1 aromatic carbocycles. The zero-order valence-corrected chi connectivity index (χ0v) is 9.31. The van der Waals surface area contributed by atoms with Gasteiger partial charge in [0.1, 0.15) is 0 Å². The standard InChI is InChI=1S/C10H10Cl2N2/c1-7-5-8(11)9(12)6-10(7)14-4-2-3-13-14/h3,5-6H,2,4H2,1H3. The highest BCUT2D eigenvalue weighted by Crippen LogP contribution is 2.31. The van der Waals surface area contributed by atoms with Crippen LogP contribution in [0.3, 0.4) is 0 Å². The van der Waals surface area contributed by atoms with Gasteiger partial charge in [-0.25, -0.2) is 0 Å². The Kier molecular flexibility index (Phi) is 2.66.